The standard InChI is InChI=1S/C7H14N2O/c1-5(2)6(7(8)10)9(3)4/h6H,1H2,2-4H3,(H2,8,10). The van der Waals surface area contributed by atoms with Gasteiger partial charge in [0.05, 0.1) is 0 Å². The van der Waals surface area contributed by atoms with Crippen molar-refractivity contribution >= 4 is 5.91 Å². The molecule has 0 aliphatic carbocycles. The van der Waals surface area contributed by atoms with Crippen molar-refractivity contribution < 1.29 is 4.79 Å². The number of rotatable bonds is 3. The van der Waals surface area contributed by atoms with Gasteiger partial charge in [-0.15, -0.1) is 0 Å². The number of likely N-dealkylation sites (N-methyl/N-ethyl adjacent to an activating group) is 1. The molecule has 0 spiro atoms. The molecule has 0 saturated heterocycles. The maximum absolute atomic E-state index is 10.7. The van der Waals surface area contributed by atoms with Gasteiger partial charge >= 0.3 is 0 Å². The second kappa shape index (κ2) is 3.37. The summed E-state index contributed by atoms with van der Waals surface area (Å²) in [7, 11) is 3.59. The lowest BCUT2D eigenvalue weighted by Gasteiger charge is -2.20. The van der Waals surface area contributed by atoms with Crippen molar-refractivity contribution in [2.24, 2.45) is 5.73 Å². The quantitative estimate of drug-likeness (QED) is 0.563. The molecular weight excluding hydrogens is 128 g/mol. The van der Waals surface area contributed by atoms with Crippen LogP contribution in [-0.4, -0.2) is 30.9 Å². The summed E-state index contributed by atoms with van der Waals surface area (Å²) < 4.78 is 0. The van der Waals surface area contributed by atoms with Crippen molar-refractivity contribution in [3.8, 4) is 0 Å². The molecule has 0 rings (SSSR count). The number of primary amides is 1. The number of nitrogens with zero attached hydrogens (tertiary/aromatic N) is 1. The number of carbonyl (C=O) groups is 1. The average Bonchev–Trinajstić information content (AvgIpc) is 1.59. The van der Waals surface area contributed by atoms with Crippen molar-refractivity contribution in [1.82, 2.24) is 4.90 Å². The molecule has 10 heavy (non-hydrogen) atoms. The molecule has 0 aliphatic heterocycles. The third kappa shape index (κ3) is 2.19. The molecule has 2 N–H and O–H groups in total. The van der Waals surface area contributed by atoms with Gasteiger partial charge in [-0.3, -0.25) is 9.69 Å². The van der Waals surface area contributed by atoms with Gasteiger partial charge in [0.15, 0.2) is 0 Å². The second-order valence-corrected chi connectivity index (χ2v) is 2.61. The topological polar surface area (TPSA) is 46.3 Å². The fourth-order valence-corrected chi connectivity index (χ4v) is 0.938. The Morgan fingerprint density at radius 2 is 2.00 bits per heavy atom. The monoisotopic (exact) mass is 142 g/mol. The summed E-state index contributed by atoms with van der Waals surface area (Å²) in [6, 6.07) is -0.333. The minimum Gasteiger partial charge on any atom is -0.368 e. The summed E-state index contributed by atoms with van der Waals surface area (Å²) in [5.41, 5.74) is 5.87. The van der Waals surface area contributed by atoms with Crippen LogP contribution in [0.25, 0.3) is 0 Å². The van der Waals surface area contributed by atoms with E-state index in [0.717, 1.165) is 5.57 Å². The van der Waals surface area contributed by atoms with Crippen LogP contribution in [0.4, 0.5) is 0 Å². The predicted octanol–water partition coefficient (Wildman–Crippen LogP) is -0.0220. The van der Waals surface area contributed by atoms with Crippen LogP contribution in [0.5, 0.6) is 0 Å². The summed E-state index contributed by atoms with van der Waals surface area (Å²) in [6.07, 6.45) is 0. The maximum Gasteiger partial charge on any atom is 0.238 e. The molecule has 1 amide bonds. The molecule has 0 heterocycles. The molecule has 1 atom stereocenters. The SMILES string of the molecule is C=C(C)C(C(N)=O)N(C)C. The Morgan fingerprint density at radius 1 is 1.60 bits per heavy atom. The normalized spacial score (nSPS) is 13.2. The van der Waals surface area contributed by atoms with E-state index in [1.54, 1.807) is 25.9 Å². The van der Waals surface area contributed by atoms with Crippen molar-refractivity contribution in [3.05, 3.63) is 12.2 Å². The minimum absolute atomic E-state index is 0.333. The van der Waals surface area contributed by atoms with Crippen LogP contribution in [0, 0.1) is 0 Å². The van der Waals surface area contributed by atoms with Gasteiger partial charge in [-0.25, -0.2) is 0 Å². The lowest BCUT2D eigenvalue weighted by molar-refractivity contribution is -0.121. The van der Waals surface area contributed by atoms with E-state index in [1.807, 2.05) is 0 Å². The Hall–Kier alpha value is -0.830. The largest absolute Gasteiger partial charge is 0.368 e. The number of nitrogens with two attached hydrogens (primary N) is 1. The molecular formula is C7H14N2O. The molecule has 0 aliphatic rings. The Balaban J connectivity index is 4.27. The molecule has 1 unspecified atom stereocenters. The van der Waals surface area contributed by atoms with E-state index in [0.29, 0.717) is 0 Å². The van der Waals surface area contributed by atoms with Gasteiger partial charge in [0, 0.05) is 0 Å². The number of hydrogen-bond acceptors (Lipinski definition) is 2. The van der Waals surface area contributed by atoms with E-state index in [-0.39, 0.29) is 11.9 Å². The molecule has 0 bridgehead atoms. The van der Waals surface area contributed by atoms with Crippen molar-refractivity contribution in [1.29, 1.82) is 0 Å². The molecule has 0 aromatic rings. The van der Waals surface area contributed by atoms with Gasteiger partial charge in [0.1, 0.15) is 6.04 Å². The average molecular weight is 142 g/mol. The maximum atomic E-state index is 10.7. The highest BCUT2D eigenvalue weighted by atomic mass is 16.1. The third-order valence-electron chi connectivity index (χ3n) is 1.25. The van der Waals surface area contributed by atoms with Crippen LogP contribution in [0.2, 0.25) is 0 Å². The Labute approximate surface area is 61.5 Å². The second-order valence-electron chi connectivity index (χ2n) is 2.61. The van der Waals surface area contributed by atoms with Crippen LogP contribution in [0.15, 0.2) is 12.2 Å². The zero-order chi connectivity index (χ0) is 8.31. The summed E-state index contributed by atoms with van der Waals surface area (Å²) in [6.45, 7) is 5.44. The van der Waals surface area contributed by atoms with E-state index in [9.17, 15) is 4.79 Å². The van der Waals surface area contributed by atoms with Crippen LogP contribution >= 0.6 is 0 Å². The first-order valence-electron chi connectivity index (χ1n) is 3.08. The Bertz CT molecular complexity index is 138. The fourth-order valence-electron chi connectivity index (χ4n) is 0.938. The van der Waals surface area contributed by atoms with Crippen molar-refractivity contribution in [2.75, 3.05) is 14.1 Å². The molecule has 3 nitrogen and oxygen atoms in total. The highest BCUT2D eigenvalue weighted by Gasteiger charge is 2.17. The van der Waals surface area contributed by atoms with Crippen molar-refractivity contribution in [3.63, 3.8) is 0 Å². The minimum atomic E-state index is -0.350. The van der Waals surface area contributed by atoms with Crippen LogP contribution in [-0.2, 0) is 4.79 Å². The van der Waals surface area contributed by atoms with Gasteiger partial charge < -0.3 is 5.73 Å². The van der Waals surface area contributed by atoms with Gasteiger partial charge in [0.25, 0.3) is 0 Å². The summed E-state index contributed by atoms with van der Waals surface area (Å²) in [4.78, 5) is 12.4. The Morgan fingerprint density at radius 3 is 2.00 bits per heavy atom. The summed E-state index contributed by atoms with van der Waals surface area (Å²) in [5.74, 6) is -0.350. The number of hydrogen-bond donors (Lipinski definition) is 1. The molecule has 0 saturated carbocycles. The van der Waals surface area contributed by atoms with Crippen LogP contribution in [0.1, 0.15) is 6.92 Å². The van der Waals surface area contributed by atoms with Crippen LogP contribution in [0.3, 0.4) is 0 Å². The summed E-state index contributed by atoms with van der Waals surface area (Å²) in [5, 5.41) is 0. The summed E-state index contributed by atoms with van der Waals surface area (Å²) >= 11 is 0. The van der Waals surface area contributed by atoms with Gasteiger partial charge in [-0.05, 0) is 21.0 Å². The fraction of sp³-hybridized carbons (Fsp3) is 0.571. The highest BCUT2D eigenvalue weighted by molar-refractivity contribution is 5.82. The zero-order valence-corrected chi connectivity index (χ0v) is 6.72. The van der Waals surface area contributed by atoms with E-state index in [4.69, 9.17) is 5.73 Å². The molecule has 0 radical (unpaired) electrons. The first-order chi connectivity index (χ1) is 4.46. The molecule has 58 valence electrons. The van der Waals surface area contributed by atoms with E-state index < -0.39 is 0 Å². The van der Waals surface area contributed by atoms with E-state index >= 15 is 0 Å². The number of amides is 1. The van der Waals surface area contributed by atoms with Crippen LogP contribution < -0.4 is 5.73 Å². The molecule has 0 aromatic carbocycles. The Kier molecular flexibility index (Phi) is 3.09. The zero-order valence-electron chi connectivity index (χ0n) is 6.72. The third-order valence-corrected chi connectivity index (χ3v) is 1.25. The molecule has 0 aromatic heterocycles. The molecule has 0 fully saturated rings. The first kappa shape index (κ1) is 9.17. The smallest absolute Gasteiger partial charge is 0.238 e. The predicted molar refractivity (Wildman–Crippen MR) is 41.5 cm³/mol. The van der Waals surface area contributed by atoms with E-state index in [2.05, 4.69) is 6.58 Å². The molecule has 3 heteroatoms. The lowest BCUT2D eigenvalue weighted by atomic mass is 10.1. The highest BCUT2D eigenvalue weighted by Crippen LogP contribution is 2.02. The van der Waals surface area contributed by atoms with Gasteiger partial charge in [-0.2, -0.15) is 0 Å². The first-order valence-corrected chi connectivity index (χ1v) is 3.08. The lowest BCUT2D eigenvalue weighted by Crippen LogP contribution is -2.40. The van der Waals surface area contributed by atoms with Gasteiger partial charge in [-0.1, -0.05) is 12.2 Å². The van der Waals surface area contributed by atoms with Gasteiger partial charge in [0.2, 0.25) is 5.91 Å². The number of carbonyl (C=O) groups excluding carboxylic acids is 1. The van der Waals surface area contributed by atoms with E-state index in [1.165, 1.54) is 0 Å². The van der Waals surface area contributed by atoms with Crippen molar-refractivity contribution in [2.45, 2.75) is 13.0 Å².